The van der Waals surface area contributed by atoms with Gasteiger partial charge in [0.15, 0.2) is 0 Å². The summed E-state index contributed by atoms with van der Waals surface area (Å²) in [6.07, 6.45) is 1.76. The Balaban J connectivity index is 2.19. The van der Waals surface area contributed by atoms with Crippen LogP contribution >= 0.6 is 0 Å². The highest BCUT2D eigenvalue weighted by atomic mass is 16.5. The summed E-state index contributed by atoms with van der Waals surface area (Å²) in [5, 5.41) is 2.13. The molecule has 2 N–H and O–H groups in total. The van der Waals surface area contributed by atoms with Crippen LogP contribution in [-0.2, 0) is 10.3 Å². The average molecular weight is 347 g/mol. The van der Waals surface area contributed by atoms with Gasteiger partial charge >= 0.3 is 5.97 Å². The number of esters is 1. The van der Waals surface area contributed by atoms with E-state index in [0.717, 1.165) is 40.3 Å². The largest absolute Gasteiger partial charge is 0.465 e. The molecule has 3 aromatic carbocycles. The van der Waals surface area contributed by atoms with Gasteiger partial charge < -0.3 is 10.5 Å². The van der Waals surface area contributed by atoms with Gasteiger partial charge in [0.2, 0.25) is 0 Å². The molecule has 0 heterocycles. The van der Waals surface area contributed by atoms with Crippen molar-refractivity contribution < 1.29 is 9.53 Å². The molecule has 3 nitrogen and oxygen atoms in total. The third-order valence-corrected chi connectivity index (χ3v) is 5.34. The fourth-order valence-electron chi connectivity index (χ4n) is 3.49. The monoisotopic (exact) mass is 347 g/mol. The molecule has 0 saturated heterocycles. The molecule has 0 aliphatic carbocycles. The molecule has 3 rings (SSSR count). The smallest absolute Gasteiger partial charge is 0.338 e. The van der Waals surface area contributed by atoms with E-state index < -0.39 is 0 Å². The van der Waals surface area contributed by atoms with E-state index in [0.29, 0.717) is 5.56 Å². The van der Waals surface area contributed by atoms with E-state index in [1.54, 1.807) is 0 Å². The lowest BCUT2D eigenvalue weighted by atomic mass is 9.84. The molecule has 3 aromatic rings. The fourth-order valence-corrected chi connectivity index (χ4v) is 3.49. The minimum Gasteiger partial charge on any atom is -0.465 e. The highest BCUT2D eigenvalue weighted by molar-refractivity contribution is 6.08. The summed E-state index contributed by atoms with van der Waals surface area (Å²) in [5.74, 6) is -0.329. The first-order valence-electron chi connectivity index (χ1n) is 9.04. The van der Waals surface area contributed by atoms with Crippen molar-refractivity contribution in [3.63, 3.8) is 0 Å². The Labute approximate surface area is 154 Å². The van der Waals surface area contributed by atoms with Gasteiger partial charge in [-0.3, -0.25) is 0 Å². The fraction of sp³-hybridized carbons (Fsp3) is 0.261. The van der Waals surface area contributed by atoms with Gasteiger partial charge in [0, 0.05) is 11.1 Å². The van der Waals surface area contributed by atoms with Gasteiger partial charge in [-0.05, 0) is 40.8 Å². The first-order valence-corrected chi connectivity index (χ1v) is 9.04. The van der Waals surface area contributed by atoms with Crippen molar-refractivity contribution in [1.29, 1.82) is 0 Å². The molecular formula is C23H25NO2. The van der Waals surface area contributed by atoms with Crippen molar-refractivity contribution in [2.75, 3.05) is 7.11 Å². The van der Waals surface area contributed by atoms with Crippen LogP contribution in [0, 0.1) is 0 Å². The van der Waals surface area contributed by atoms with E-state index >= 15 is 0 Å². The number of rotatable bonds is 5. The maximum atomic E-state index is 12.3. The van der Waals surface area contributed by atoms with Crippen molar-refractivity contribution in [3.8, 4) is 11.1 Å². The van der Waals surface area contributed by atoms with E-state index in [4.69, 9.17) is 10.5 Å². The van der Waals surface area contributed by atoms with Crippen LogP contribution in [-0.4, -0.2) is 13.1 Å². The Hall–Kier alpha value is -2.65. The number of methoxy groups -OCH3 is 1. The molecular weight excluding hydrogens is 322 g/mol. The molecule has 0 fully saturated rings. The van der Waals surface area contributed by atoms with Crippen LogP contribution in [0.25, 0.3) is 21.9 Å². The first-order chi connectivity index (χ1) is 12.5. The van der Waals surface area contributed by atoms with E-state index in [1.807, 2.05) is 36.4 Å². The third kappa shape index (κ3) is 3.11. The van der Waals surface area contributed by atoms with E-state index in [-0.39, 0.29) is 11.5 Å². The van der Waals surface area contributed by atoms with Crippen molar-refractivity contribution in [3.05, 3.63) is 71.8 Å². The zero-order valence-electron chi connectivity index (χ0n) is 15.6. The quantitative estimate of drug-likeness (QED) is 0.640. The lowest BCUT2D eigenvalue weighted by Gasteiger charge is -2.27. The van der Waals surface area contributed by atoms with E-state index in [2.05, 4.69) is 38.1 Å². The molecule has 0 aromatic heterocycles. The normalized spacial score (nSPS) is 11.5. The van der Waals surface area contributed by atoms with E-state index in [1.165, 1.54) is 7.11 Å². The number of hydrogen-bond acceptors (Lipinski definition) is 3. The molecule has 0 radical (unpaired) electrons. The zero-order chi connectivity index (χ0) is 18.7. The van der Waals surface area contributed by atoms with Crippen molar-refractivity contribution in [1.82, 2.24) is 0 Å². The SMILES string of the molecule is CCC(N)(CC)c1ccc(-c2c(C(=O)OC)ccc3ccccc23)cc1. The third-order valence-electron chi connectivity index (χ3n) is 5.34. The van der Waals surface area contributed by atoms with Crippen molar-refractivity contribution in [2.24, 2.45) is 5.73 Å². The molecule has 134 valence electrons. The molecule has 0 aliphatic rings. The Morgan fingerprint density at radius 1 is 0.962 bits per heavy atom. The van der Waals surface area contributed by atoms with Gasteiger partial charge in [-0.2, -0.15) is 0 Å². The van der Waals surface area contributed by atoms with Gasteiger partial charge in [0.25, 0.3) is 0 Å². The van der Waals surface area contributed by atoms with Crippen molar-refractivity contribution >= 4 is 16.7 Å². The van der Waals surface area contributed by atoms with Gasteiger partial charge in [-0.15, -0.1) is 0 Å². The Morgan fingerprint density at radius 2 is 1.62 bits per heavy atom. The van der Waals surface area contributed by atoms with Crippen molar-refractivity contribution in [2.45, 2.75) is 32.2 Å². The summed E-state index contributed by atoms with van der Waals surface area (Å²) < 4.78 is 5.00. The lowest BCUT2D eigenvalue weighted by Crippen LogP contribution is -2.34. The number of benzene rings is 3. The first kappa shape index (κ1) is 18.2. The van der Waals surface area contributed by atoms with Gasteiger partial charge in [-0.1, -0.05) is 68.4 Å². The molecule has 0 saturated carbocycles. The molecule has 0 atom stereocenters. The van der Waals surface area contributed by atoms with Gasteiger partial charge in [0.05, 0.1) is 12.7 Å². The Bertz CT molecular complexity index is 925. The number of carbonyl (C=O) groups excluding carboxylic acids is 1. The van der Waals surface area contributed by atoms with Crippen LogP contribution in [0.3, 0.4) is 0 Å². The topological polar surface area (TPSA) is 52.3 Å². The van der Waals surface area contributed by atoms with Gasteiger partial charge in [0.1, 0.15) is 0 Å². The predicted octanol–water partition coefficient (Wildman–Crippen LogP) is 5.27. The molecule has 0 unspecified atom stereocenters. The van der Waals surface area contributed by atoms with Crippen LogP contribution in [0.2, 0.25) is 0 Å². The Kier molecular flexibility index (Phi) is 5.10. The molecule has 0 spiro atoms. The summed E-state index contributed by atoms with van der Waals surface area (Å²) in [6.45, 7) is 4.22. The predicted molar refractivity (Wildman–Crippen MR) is 107 cm³/mol. The molecule has 0 bridgehead atoms. The van der Waals surface area contributed by atoms with Crippen LogP contribution < -0.4 is 5.73 Å². The second-order valence-electron chi connectivity index (χ2n) is 6.64. The highest BCUT2D eigenvalue weighted by Gasteiger charge is 2.23. The van der Waals surface area contributed by atoms with Crippen LogP contribution in [0.1, 0.15) is 42.6 Å². The summed E-state index contributed by atoms with van der Waals surface area (Å²) in [7, 11) is 1.41. The second kappa shape index (κ2) is 7.30. The molecule has 3 heteroatoms. The summed E-state index contributed by atoms with van der Waals surface area (Å²) in [5.41, 5.74) is 9.78. The number of nitrogens with two attached hydrogens (primary N) is 1. The minimum atomic E-state index is -0.329. The summed E-state index contributed by atoms with van der Waals surface area (Å²) >= 11 is 0. The Morgan fingerprint density at radius 3 is 2.23 bits per heavy atom. The zero-order valence-corrected chi connectivity index (χ0v) is 15.6. The second-order valence-corrected chi connectivity index (χ2v) is 6.64. The van der Waals surface area contributed by atoms with Crippen LogP contribution in [0.15, 0.2) is 60.7 Å². The summed E-state index contributed by atoms with van der Waals surface area (Å²) in [6, 6.07) is 20.1. The minimum absolute atomic E-state index is 0.317. The standard InChI is InChI=1S/C23H25NO2/c1-4-23(24,5-2)18-13-10-17(11-14-18)21-19-9-7-6-8-16(19)12-15-20(21)22(25)26-3/h6-15H,4-5,24H2,1-3H3. The number of fused-ring (bicyclic) bond motifs is 1. The molecule has 0 amide bonds. The van der Waals surface area contributed by atoms with Gasteiger partial charge in [-0.25, -0.2) is 4.79 Å². The average Bonchev–Trinajstić information content (AvgIpc) is 2.71. The van der Waals surface area contributed by atoms with Crippen LogP contribution in [0.4, 0.5) is 0 Å². The lowest BCUT2D eigenvalue weighted by molar-refractivity contribution is 0.0602. The molecule has 26 heavy (non-hydrogen) atoms. The number of hydrogen-bond donors (Lipinski definition) is 1. The van der Waals surface area contributed by atoms with E-state index in [9.17, 15) is 4.79 Å². The highest BCUT2D eigenvalue weighted by Crippen LogP contribution is 2.34. The number of carbonyl (C=O) groups is 1. The number of ether oxygens (including phenoxy) is 1. The van der Waals surface area contributed by atoms with Crippen LogP contribution in [0.5, 0.6) is 0 Å². The summed E-state index contributed by atoms with van der Waals surface area (Å²) in [4.78, 5) is 12.3. The maximum absolute atomic E-state index is 12.3. The maximum Gasteiger partial charge on any atom is 0.338 e. The molecule has 0 aliphatic heterocycles.